The highest BCUT2D eigenvalue weighted by Crippen LogP contribution is 2.14. The second-order valence-corrected chi connectivity index (χ2v) is 5.07. The van der Waals surface area contributed by atoms with Crippen molar-refractivity contribution in [3.05, 3.63) is 47.0 Å². The van der Waals surface area contributed by atoms with Gasteiger partial charge in [-0.15, -0.1) is 5.10 Å². The number of hydrogen-bond acceptors (Lipinski definition) is 3. The molecule has 102 valence electrons. The number of halogens is 1. The highest BCUT2D eigenvalue weighted by Gasteiger charge is 2.13. The van der Waals surface area contributed by atoms with Crippen LogP contribution in [0.25, 0.3) is 0 Å². The maximum atomic E-state index is 12.9. The molecule has 2 aromatic rings. The van der Waals surface area contributed by atoms with Crippen LogP contribution in [0.3, 0.4) is 0 Å². The van der Waals surface area contributed by atoms with Gasteiger partial charge in [0.25, 0.3) is 0 Å². The minimum Gasteiger partial charge on any atom is -0.325 e. The summed E-state index contributed by atoms with van der Waals surface area (Å²) >= 11 is 0. The number of hydrogen-bond donors (Lipinski definition) is 1. The standard InChI is InChI=1S/C14H19FN4/c1-10(2)9-19-14(13(8-16)17-18-19)7-11-3-5-12(15)6-4-11/h3-6,10H,7-9,16H2,1-2H3. The Labute approximate surface area is 112 Å². The van der Waals surface area contributed by atoms with Gasteiger partial charge >= 0.3 is 0 Å². The highest BCUT2D eigenvalue weighted by molar-refractivity contribution is 5.24. The minimum atomic E-state index is -0.225. The molecule has 0 bridgehead atoms. The summed E-state index contributed by atoms with van der Waals surface area (Å²) in [6.45, 7) is 5.44. The Morgan fingerprint density at radius 3 is 2.53 bits per heavy atom. The van der Waals surface area contributed by atoms with Crippen molar-refractivity contribution in [2.75, 3.05) is 0 Å². The molecule has 0 aliphatic rings. The molecule has 19 heavy (non-hydrogen) atoms. The zero-order valence-corrected chi connectivity index (χ0v) is 11.3. The van der Waals surface area contributed by atoms with Gasteiger partial charge in [0.1, 0.15) is 5.82 Å². The molecule has 0 fully saturated rings. The SMILES string of the molecule is CC(C)Cn1nnc(CN)c1Cc1ccc(F)cc1. The molecule has 2 N–H and O–H groups in total. The molecule has 1 aromatic heterocycles. The Balaban J connectivity index is 2.26. The van der Waals surface area contributed by atoms with Gasteiger partial charge in [-0.2, -0.15) is 0 Å². The third kappa shape index (κ3) is 3.38. The van der Waals surface area contributed by atoms with E-state index in [4.69, 9.17) is 5.73 Å². The lowest BCUT2D eigenvalue weighted by atomic mass is 10.1. The summed E-state index contributed by atoms with van der Waals surface area (Å²) in [6.07, 6.45) is 0.673. The van der Waals surface area contributed by atoms with Crippen molar-refractivity contribution in [3.8, 4) is 0 Å². The fourth-order valence-corrected chi connectivity index (χ4v) is 2.01. The molecule has 0 aliphatic carbocycles. The van der Waals surface area contributed by atoms with Crippen LogP contribution in [-0.2, 0) is 19.5 Å². The quantitative estimate of drug-likeness (QED) is 0.898. The molecular weight excluding hydrogens is 243 g/mol. The molecule has 1 heterocycles. The fraction of sp³-hybridized carbons (Fsp3) is 0.429. The van der Waals surface area contributed by atoms with Gasteiger partial charge in [-0.05, 0) is 23.6 Å². The van der Waals surface area contributed by atoms with E-state index < -0.39 is 0 Å². The van der Waals surface area contributed by atoms with Crippen molar-refractivity contribution in [2.45, 2.75) is 33.4 Å². The van der Waals surface area contributed by atoms with Gasteiger partial charge < -0.3 is 5.73 Å². The molecule has 0 atom stereocenters. The lowest BCUT2D eigenvalue weighted by Gasteiger charge is -2.10. The summed E-state index contributed by atoms with van der Waals surface area (Å²) in [5, 5.41) is 8.27. The van der Waals surface area contributed by atoms with Crippen LogP contribution in [0.5, 0.6) is 0 Å². The first-order valence-electron chi connectivity index (χ1n) is 6.46. The molecule has 0 spiro atoms. The largest absolute Gasteiger partial charge is 0.325 e. The Bertz CT molecular complexity index is 531. The van der Waals surface area contributed by atoms with Crippen LogP contribution >= 0.6 is 0 Å². The third-order valence-corrected chi connectivity index (χ3v) is 2.93. The fourth-order valence-electron chi connectivity index (χ4n) is 2.01. The smallest absolute Gasteiger partial charge is 0.123 e. The Morgan fingerprint density at radius 2 is 1.95 bits per heavy atom. The lowest BCUT2D eigenvalue weighted by molar-refractivity contribution is 0.461. The lowest BCUT2D eigenvalue weighted by Crippen LogP contribution is -2.12. The van der Waals surface area contributed by atoms with Gasteiger partial charge in [0.2, 0.25) is 0 Å². The van der Waals surface area contributed by atoms with Gasteiger partial charge in [0.15, 0.2) is 0 Å². The molecular formula is C14H19FN4. The van der Waals surface area contributed by atoms with Crippen molar-refractivity contribution >= 4 is 0 Å². The molecule has 0 saturated carbocycles. The third-order valence-electron chi connectivity index (χ3n) is 2.93. The molecule has 0 amide bonds. The molecule has 1 aromatic carbocycles. The summed E-state index contributed by atoms with van der Waals surface area (Å²) in [7, 11) is 0. The van der Waals surface area contributed by atoms with Crippen LogP contribution in [0.2, 0.25) is 0 Å². The molecule has 4 nitrogen and oxygen atoms in total. The van der Waals surface area contributed by atoms with Crippen LogP contribution in [0, 0.1) is 11.7 Å². The van der Waals surface area contributed by atoms with Crippen molar-refractivity contribution < 1.29 is 4.39 Å². The van der Waals surface area contributed by atoms with E-state index in [0.717, 1.165) is 23.5 Å². The maximum absolute atomic E-state index is 12.9. The Kier molecular flexibility index (Phi) is 4.27. The first kappa shape index (κ1) is 13.7. The number of aromatic nitrogens is 3. The normalized spacial score (nSPS) is 11.2. The van der Waals surface area contributed by atoms with Crippen LogP contribution in [0.4, 0.5) is 4.39 Å². The van der Waals surface area contributed by atoms with E-state index in [2.05, 4.69) is 24.2 Å². The Hall–Kier alpha value is -1.75. The van der Waals surface area contributed by atoms with E-state index in [1.165, 1.54) is 12.1 Å². The van der Waals surface area contributed by atoms with E-state index >= 15 is 0 Å². The number of nitrogens with zero attached hydrogens (tertiary/aromatic N) is 3. The monoisotopic (exact) mass is 262 g/mol. The van der Waals surface area contributed by atoms with E-state index in [1.807, 2.05) is 4.68 Å². The summed E-state index contributed by atoms with van der Waals surface area (Å²) < 4.78 is 14.8. The van der Waals surface area contributed by atoms with Crippen LogP contribution < -0.4 is 5.73 Å². The molecule has 2 rings (SSSR count). The summed E-state index contributed by atoms with van der Waals surface area (Å²) in [5.74, 6) is 0.260. The van der Waals surface area contributed by atoms with E-state index in [0.29, 0.717) is 18.9 Å². The molecule has 5 heteroatoms. The van der Waals surface area contributed by atoms with Crippen LogP contribution in [0.1, 0.15) is 30.8 Å². The topological polar surface area (TPSA) is 56.7 Å². The van der Waals surface area contributed by atoms with Crippen molar-refractivity contribution in [1.82, 2.24) is 15.0 Å². The molecule has 0 radical (unpaired) electrons. The van der Waals surface area contributed by atoms with Crippen LogP contribution in [0.15, 0.2) is 24.3 Å². The predicted octanol–water partition coefficient (Wildman–Crippen LogP) is 2.12. The van der Waals surface area contributed by atoms with E-state index in [9.17, 15) is 4.39 Å². The second kappa shape index (κ2) is 5.93. The van der Waals surface area contributed by atoms with Gasteiger partial charge in [-0.25, -0.2) is 9.07 Å². The summed E-state index contributed by atoms with van der Waals surface area (Å²) in [4.78, 5) is 0. The van der Waals surface area contributed by atoms with E-state index in [-0.39, 0.29) is 5.82 Å². The first-order valence-corrected chi connectivity index (χ1v) is 6.46. The number of rotatable bonds is 5. The minimum absolute atomic E-state index is 0.225. The van der Waals surface area contributed by atoms with Crippen LogP contribution in [-0.4, -0.2) is 15.0 Å². The van der Waals surface area contributed by atoms with Gasteiger partial charge in [-0.1, -0.05) is 31.2 Å². The zero-order valence-electron chi connectivity index (χ0n) is 11.3. The molecule has 0 saturated heterocycles. The second-order valence-electron chi connectivity index (χ2n) is 5.07. The zero-order chi connectivity index (χ0) is 13.8. The summed E-state index contributed by atoms with van der Waals surface area (Å²) in [5.41, 5.74) is 8.55. The van der Waals surface area contributed by atoms with E-state index in [1.54, 1.807) is 12.1 Å². The van der Waals surface area contributed by atoms with Gasteiger partial charge in [0, 0.05) is 19.5 Å². The number of benzene rings is 1. The highest BCUT2D eigenvalue weighted by atomic mass is 19.1. The van der Waals surface area contributed by atoms with Crippen molar-refractivity contribution in [1.29, 1.82) is 0 Å². The average Bonchev–Trinajstić information content (AvgIpc) is 2.74. The predicted molar refractivity (Wildman–Crippen MR) is 72.0 cm³/mol. The molecule has 0 unspecified atom stereocenters. The van der Waals surface area contributed by atoms with Crippen molar-refractivity contribution in [3.63, 3.8) is 0 Å². The maximum Gasteiger partial charge on any atom is 0.123 e. The van der Waals surface area contributed by atoms with Crippen molar-refractivity contribution in [2.24, 2.45) is 11.7 Å². The summed E-state index contributed by atoms with van der Waals surface area (Å²) in [6, 6.07) is 6.49. The van der Waals surface area contributed by atoms with Gasteiger partial charge in [0.05, 0.1) is 11.4 Å². The van der Waals surface area contributed by atoms with Gasteiger partial charge in [-0.3, -0.25) is 0 Å². The molecule has 0 aliphatic heterocycles. The first-order chi connectivity index (χ1) is 9.10. The Morgan fingerprint density at radius 1 is 1.26 bits per heavy atom. The average molecular weight is 262 g/mol. The number of nitrogens with two attached hydrogens (primary N) is 1.